The molecular weight excluding hydrogens is 268 g/mol. The molecule has 16 heavy (non-hydrogen) atoms. The molecule has 0 rings (SSSR count). The Hall–Kier alpha value is -1.30. The van der Waals surface area contributed by atoms with E-state index >= 15 is 0 Å². The van der Waals surface area contributed by atoms with Crippen LogP contribution in [-0.2, 0) is 31.7 Å². The van der Waals surface area contributed by atoms with Crippen LogP contribution in [0, 0.1) is 0 Å². The zero-order valence-electron chi connectivity index (χ0n) is 8.83. The first kappa shape index (κ1) is 125. The van der Waals surface area contributed by atoms with E-state index in [4.69, 9.17) is 29.7 Å². The Bertz CT molecular complexity index is 65.0. The Kier molecular flexibility index (Phi) is 5950. The van der Waals surface area contributed by atoms with E-state index in [0.29, 0.717) is 0 Å². The number of carboxylic acid groups (broad SMARTS) is 3. The van der Waals surface area contributed by atoms with Crippen molar-refractivity contribution < 1.29 is 47.1 Å². The van der Waals surface area contributed by atoms with E-state index in [-0.39, 0.29) is 54.3 Å². The maximum Gasteiger partial charge on any atom is 3.00 e. The van der Waals surface area contributed by atoms with E-state index < -0.39 is 19.4 Å². The van der Waals surface area contributed by atoms with Gasteiger partial charge in [0.25, 0.3) is 0 Å². The van der Waals surface area contributed by atoms with E-state index in [2.05, 4.69) is 0 Å². The van der Waals surface area contributed by atoms with Crippen LogP contribution in [0.15, 0.2) is 0 Å². The minimum atomic E-state index is -0.500. The van der Waals surface area contributed by atoms with Crippen molar-refractivity contribution in [3.63, 3.8) is 0 Å². The van der Waals surface area contributed by atoms with Gasteiger partial charge in [-0.2, -0.15) is 0 Å². The molecular formula is C3H21CrN6O6. The van der Waals surface area contributed by atoms with E-state index in [1.807, 2.05) is 0 Å². The molecule has 0 bridgehead atoms. The molecule has 0 atom stereocenters. The molecule has 0 aromatic carbocycles. The average molecular weight is 289 g/mol. The largest absolute Gasteiger partial charge is 3.00 e. The van der Waals surface area contributed by atoms with Gasteiger partial charge in [-0.15, -0.1) is 0 Å². The molecule has 105 valence electrons. The van der Waals surface area contributed by atoms with E-state index in [0.717, 1.165) is 0 Å². The summed E-state index contributed by atoms with van der Waals surface area (Å²) >= 11 is 0. The van der Waals surface area contributed by atoms with Crippen LogP contribution in [0.3, 0.4) is 0 Å². The summed E-state index contributed by atoms with van der Waals surface area (Å²) in [6.07, 6.45) is 0. The fraction of sp³-hybridized carbons (Fsp3) is 0. The Balaban J connectivity index is -0.00000000346. The van der Waals surface area contributed by atoms with Gasteiger partial charge in [-0.1, -0.05) is 0 Å². The zero-order chi connectivity index (χ0) is 8.12. The second-order valence-electron chi connectivity index (χ2n) is 0.289. The van der Waals surface area contributed by atoms with Crippen LogP contribution in [0.5, 0.6) is 0 Å². The second-order valence-corrected chi connectivity index (χ2v) is 0.289. The molecule has 18 N–H and O–H groups in total. The fourth-order valence-electron chi connectivity index (χ4n) is 0. The summed E-state index contributed by atoms with van der Waals surface area (Å²) < 4.78 is 0. The Labute approximate surface area is 104 Å². The van der Waals surface area contributed by atoms with Crippen molar-refractivity contribution in [1.82, 2.24) is 36.9 Å². The van der Waals surface area contributed by atoms with Crippen LogP contribution in [0.2, 0.25) is 0 Å². The number of carbonyl (C=O) groups is 3. The molecule has 0 aromatic heterocycles. The summed E-state index contributed by atoms with van der Waals surface area (Å²) in [5.74, 6) is 0. The molecule has 0 saturated heterocycles. The van der Waals surface area contributed by atoms with Gasteiger partial charge in [0.2, 0.25) is 0 Å². The Morgan fingerprint density at radius 3 is 0.500 bits per heavy atom. The molecule has 0 spiro atoms. The van der Waals surface area contributed by atoms with Crippen LogP contribution in [0.1, 0.15) is 0 Å². The summed E-state index contributed by atoms with van der Waals surface area (Å²) in [4.78, 5) is 24.8. The average Bonchev–Trinajstić information content (AvgIpc) is 1.70. The first-order chi connectivity index (χ1) is 4.24. The van der Waals surface area contributed by atoms with Crippen molar-refractivity contribution in [2.45, 2.75) is 0 Å². The van der Waals surface area contributed by atoms with Crippen LogP contribution >= 0.6 is 0 Å². The van der Waals surface area contributed by atoms with Gasteiger partial charge < -0.3 is 66.6 Å². The third-order valence-corrected chi connectivity index (χ3v) is 0. The monoisotopic (exact) mass is 289 g/mol. The quantitative estimate of drug-likeness (QED) is 0.232. The summed E-state index contributed by atoms with van der Waals surface area (Å²) in [6, 6.07) is 0. The van der Waals surface area contributed by atoms with Crippen LogP contribution in [0.25, 0.3) is 0 Å². The smallest absolute Gasteiger partial charge is 0.554 e. The zero-order valence-corrected chi connectivity index (χ0v) is 10.1. The summed E-state index contributed by atoms with van der Waals surface area (Å²) in [5.41, 5.74) is 0. The molecule has 0 aromatic rings. The molecule has 12 nitrogen and oxygen atoms in total. The van der Waals surface area contributed by atoms with Gasteiger partial charge in [-0.05, 0) is 0 Å². The minimum Gasteiger partial charge on any atom is -0.554 e. The molecule has 0 fully saturated rings. The Morgan fingerprint density at radius 2 is 0.500 bits per heavy atom. The predicted molar refractivity (Wildman–Crippen MR) is 48.3 cm³/mol. The molecule has 0 aliphatic carbocycles. The van der Waals surface area contributed by atoms with Crippen LogP contribution in [0.4, 0.5) is 0 Å². The van der Waals surface area contributed by atoms with Gasteiger partial charge in [0.1, 0.15) is 0 Å². The third kappa shape index (κ3) is 1030. The molecule has 0 amide bonds. The maximum absolute atomic E-state index is 8.25. The molecule has 0 aliphatic rings. The van der Waals surface area contributed by atoms with Gasteiger partial charge in [-0.3, -0.25) is 0 Å². The van der Waals surface area contributed by atoms with Crippen molar-refractivity contribution >= 4 is 19.4 Å². The summed E-state index contributed by atoms with van der Waals surface area (Å²) in [6.45, 7) is -1.50. The SMILES string of the molecule is N.N.N.N.N.N.O=C[O-].O=C[O-].O=C[O-].[Cr+3]. The van der Waals surface area contributed by atoms with Gasteiger partial charge in [0.15, 0.2) is 0 Å². The van der Waals surface area contributed by atoms with Crippen molar-refractivity contribution in [1.29, 1.82) is 0 Å². The van der Waals surface area contributed by atoms with E-state index in [9.17, 15) is 0 Å². The molecule has 0 saturated carbocycles. The van der Waals surface area contributed by atoms with Crippen molar-refractivity contribution in [2.24, 2.45) is 0 Å². The van der Waals surface area contributed by atoms with Gasteiger partial charge in [0, 0.05) is 19.4 Å². The van der Waals surface area contributed by atoms with Crippen molar-refractivity contribution in [3.05, 3.63) is 0 Å². The maximum atomic E-state index is 8.25. The van der Waals surface area contributed by atoms with Gasteiger partial charge >= 0.3 is 17.4 Å². The van der Waals surface area contributed by atoms with Crippen molar-refractivity contribution in [2.75, 3.05) is 0 Å². The number of rotatable bonds is 0. The van der Waals surface area contributed by atoms with Gasteiger partial charge in [0.05, 0.1) is 0 Å². The summed E-state index contributed by atoms with van der Waals surface area (Å²) in [7, 11) is 0. The standard InChI is InChI=1S/3CH2O2.Cr.6H3N/c3*2-1-3;;;;;;;/h3*1H,(H,2,3);;6*1H3/q;;;+3;;;;;;/p-3. The first-order valence-electron chi connectivity index (χ1n) is 1.41. The topological polar surface area (TPSA) is 330 Å². The van der Waals surface area contributed by atoms with Gasteiger partial charge in [-0.25, -0.2) is 0 Å². The second kappa shape index (κ2) is 763. The molecule has 0 heterocycles. The van der Waals surface area contributed by atoms with Crippen molar-refractivity contribution in [3.8, 4) is 0 Å². The van der Waals surface area contributed by atoms with E-state index in [1.54, 1.807) is 0 Å². The first-order valence-corrected chi connectivity index (χ1v) is 1.41. The van der Waals surface area contributed by atoms with E-state index in [1.165, 1.54) is 0 Å². The fourth-order valence-corrected chi connectivity index (χ4v) is 0. The molecule has 1 radical (unpaired) electrons. The third-order valence-electron chi connectivity index (χ3n) is 0. The number of hydrogen-bond acceptors (Lipinski definition) is 12. The predicted octanol–water partition coefficient (Wildman–Crippen LogP) is -3.93. The normalized spacial score (nSPS) is 2.25. The Morgan fingerprint density at radius 1 is 0.500 bits per heavy atom. The molecule has 13 heteroatoms. The summed E-state index contributed by atoms with van der Waals surface area (Å²) in [5, 5.41) is 24.8. The number of carbonyl (C=O) groups excluding carboxylic acids is 3. The minimum absolute atomic E-state index is 0. The number of hydrogen-bond donors (Lipinski definition) is 6. The molecule has 0 aliphatic heterocycles. The van der Waals surface area contributed by atoms with Crippen LogP contribution < -0.4 is 52.2 Å². The van der Waals surface area contributed by atoms with Crippen LogP contribution in [-0.4, -0.2) is 19.4 Å². The molecule has 0 unspecified atom stereocenters.